The molecular formula is C27H21Cl2NO2. The summed E-state index contributed by atoms with van der Waals surface area (Å²) >= 11 is 13.0. The molecule has 2 aliphatic rings. The molecular weight excluding hydrogens is 441 g/mol. The molecule has 0 spiro atoms. The Balaban J connectivity index is 1.69. The highest BCUT2D eigenvalue weighted by Gasteiger charge is 2.43. The fourth-order valence-electron chi connectivity index (χ4n) is 4.96. The van der Waals surface area contributed by atoms with Crippen molar-refractivity contribution < 1.29 is 9.59 Å². The fraction of sp³-hybridized carbons (Fsp3) is 0.185. The van der Waals surface area contributed by atoms with Gasteiger partial charge >= 0.3 is 0 Å². The van der Waals surface area contributed by atoms with E-state index in [1.54, 1.807) is 23.1 Å². The number of allylic oxidation sites excluding steroid dienone is 2. The van der Waals surface area contributed by atoms with Crippen molar-refractivity contribution in [3.05, 3.63) is 111 Å². The highest BCUT2D eigenvalue weighted by Crippen LogP contribution is 2.49. The first-order valence-corrected chi connectivity index (χ1v) is 11.4. The monoisotopic (exact) mass is 461 g/mol. The van der Waals surface area contributed by atoms with Crippen LogP contribution in [0.15, 0.2) is 90.1 Å². The Bertz CT molecular complexity index is 1200. The minimum atomic E-state index is -0.442. The van der Waals surface area contributed by atoms with Gasteiger partial charge in [0.2, 0.25) is 5.91 Å². The van der Waals surface area contributed by atoms with Gasteiger partial charge in [-0.15, -0.1) is 0 Å². The van der Waals surface area contributed by atoms with E-state index in [1.165, 1.54) is 0 Å². The second-order valence-electron chi connectivity index (χ2n) is 8.26. The lowest BCUT2D eigenvalue weighted by molar-refractivity contribution is -0.120. The van der Waals surface area contributed by atoms with Gasteiger partial charge in [-0.3, -0.25) is 14.5 Å². The predicted octanol–water partition coefficient (Wildman–Crippen LogP) is 6.91. The van der Waals surface area contributed by atoms with E-state index in [-0.39, 0.29) is 24.0 Å². The fourth-order valence-corrected chi connectivity index (χ4v) is 5.62. The average Bonchev–Trinajstić information content (AvgIpc) is 2.79. The van der Waals surface area contributed by atoms with Crippen LogP contribution in [0.1, 0.15) is 42.2 Å². The third-order valence-corrected chi connectivity index (χ3v) is 7.02. The molecule has 3 aromatic carbocycles. The maximum atomic E-state index is 13.6. The molecule has 1 heterocycles. The van der Waals surface area contributed by atoms with Gasteiger partial charge in [-0.2, -0.15) is 0 Å². The number of amides is 1. The summed E-state index contributed by atoms with van der Waals surface area (Å²) in [6, 6.07) is 24.9. The molecule has 1 amide bonds. The smallest absolute Gasteiger partial charge is 0.232 e. The zero-order chi connectivity index (χ0) is 22.2. The first kappa shape index (κ1) is 21.0. The number of rotatable bonds is 3. The van der Waals surface area contributed by atoms with Crippen LogP contribution in [0.5, 0.6) is 0 Å². The normalized spacial score (nSPS) is 21.0. The molecule has 160 valence electrons. The van der Waals surface area contributed by atoms with Crippen molar-refractivity contribution in [1.29, 1.82) is 0 Å². The van der Waals surface area contributed by atoms with E-state index in [1.807, 2.05) is 60.7 Å². The van der Waals surface area contributed by atoms with Crippen LogP contribution in [0, 0.1) is 0 Å². The standard InChI is InChI=1S/C27H21Cl2NO2/c28-21-12-7-13-22(29)26(21)20-16-25(32)30(19-10-5-2-6-11-19)23-14-18(15-24(31)27(20)23)17-8-3-1-4-9-17/h1-13,18,20H,14-16H2. The Morgan fingerprint density at radius 2 is 1.34 bits per heavy atom. The third kappa shape index (κ3) is 3.66. The van der Waals surface area contributed by atoms with Gasteiger partial charge in [0.05, 0.1) is 0 Å². The molecule has 5 rings (SSSR count). The Morgan fingerprint density at radius 1 is 0.719 bits per heavy atom. The molecule has 3 aromatic rings. The van der Waals surface area contributed by atoms with Gasteiger partial charge in [-0.05, 0) is 47.7 Å². The van der Waals surface area contributed by atoms with Gasteiger partial charge in [0.15, 0.2) is 5.78 Å². The van der Waals surface area contributed by atoms with Crippen molar-refractivity contribution in [2.45, 2.75) is 31.1 Å². The molecule has 2 unspecified atom stereocenters. The molecule has 0 aromatic heterocycles. The van der Waals surface area contributed by atoms with Crippen molar-refractivity contribution in [3.8, 4) is 0 Å². The van der Waals surface area contributed by atoms with E-state index >= 15 is 0 Å². The first-order chi connectivity index (χ1) is 15.5. The van der Waals surface area contributed by atoms with Gasteiger partial charge in [-0.1, -0.05) is 77.8 Å². The predicted molar refractivity (Wildman–Crippen MR) is 128 cm³/mol. The zero-order valence-corrected chi connectivity index (χ0v) is 18.8. The number of hydrogen-bond acceptors (Lipinski definition) is 2. The van der Waals surface area contributed by atoms with Crippen LogP contribution in [0.4, 0.5) is 5.69 Å². The van der Waals surface area contributed by atoms with Crippen LogP contribution in [-0.2, 0) is 9.59 Å². The SMILES string of the molecule is O=C1CC(c2ccccc2)CC2=C1C(c1c(Cl)cccc1Cl)CC(=O)N2c1ccccc1. The minimum absolute atomic E-state index is 0.0157. The highest BCUT2D eigenvalue weighted by atomic mass is 35.5. The van der Waals surface area contributed by atoms with Gasteiger partial charge in [0, 0.05) is 45.8 Å². The summed E-state index contributed by atoms with van der Waals surface area (Å²) in [6.07, 6.45) is 1.15. The molecule has 3 nitrogen and oxygen atoms in total. The third-order valence-electron chi connectivity index (χ3n) is 6.36. The molecule has 0 bridgehead atoms. The van der Waals surface area contributed by atoms with Crippen molar-refractivity contribution >= 4 is 40.6 Å². The van der Waals surface area contributed by atoms with Gasteiger partial charge in [0.25, 0.3) is 0 Å². The number of hydrogen-bond donors (Lipinski definition) is 0. The number of para-hydroxylation sites is 1. The molecule has 1 aliphatic heterocycles. The second kappa shape index (κ2) is 8.57. The number of anilines is 1. The molecule has 5 heteroatoms. The van der Waals surface area contributed by atoms with Crippen molar-refractivity contribution in [2.24, 2.45) is 0 Å². The van der Waals surface area contributed by atoms with E-state index in [4.69, 9.17) is 23.2 Å². The number of ketones is 1. The van der Waals surface area contributed by atoms with Crippen LogP contribution in [-0.4, -0.2) is 11.7 Å². The lowest BCUT2D eigenvalue weighted by Gasteiger charge is -2.40. The van der Waals surface area contributed by atoms with E-state index in [9.17, 15) is 9.59 Å². The quantitative estimate of drug-likeness (QED) is 0.424. The summed E-state index contributed by atoms with van der Waals surface area (Å²) in [5, 5.41) is 0.960. The molecule has 0 saturated carbocycles. The Kier molecular flexibility index (Phi) is 5.62. The van der Waals surface area contributed by atoms with Crippen LogP contribution in [0.25, 0.3) is 0 Å². The molecule has 0 N–H and O–H groups in total. The number of Topliss-reactive ketones (excluding diaryl/α,β-unsaturated/α-hetero) is 1. The van der Waals surface area contributed by atoms with Crippen LogP contribution in [0.3, 0.4) is 0 Å². The summed E-state index contributed by atoms with van der Waals surface area (Å²) in [5.41, 5.74) is 3.96. The van der Waals surface area contributed by atoms with E-state index in [0.29, 0.717) is 34.0 Å². The Morgan fingerprint density at radius 3 is 2.00 bits per heavy atom. The van der Waals surface area contributed by atoms with Crippen LogP contribution in [0.2, 0.25) is 10.0 Å². The highest BCUT2D eigenvalue weighted by molar-refractivity contribution is 6.36. The Labute approximate surface area is 197 Å². The first-order valence-electron chi connectivity index (χ1n) is 10.7. The molecule has 0 radical (unpaired) electrons. The number of nitrogens with zero attached hydrogens (tertiary/aromatic N) is 1. The van der Waals surface area contributed by atoms with Crippen molar-refractivity contribution in [3.63, 3.8) is 0 Å². The summed E-state index contributed by atoms with van der Waals surface area (Å²) in [4.78, 5) is 28.8. The summed E-state index contributed by atoms with van der Waals surface area (Å²) < 4.78 is 0. The lowest BCUT2D eigenvalue weighted by atomic mass is 9.72. The van der Waals surface area contributed by atoms with E-state index < -0.39 is 5.92 Å². The minimum Gasteiger partial charge on any atom is -0.294 e. The van der Waals surface area contributed by atoms with Gasteiger partial charge in [0.1, 0.15) is 0 Å². The summed E-state index contributed by atoms with van der Waals surface area (Å²) in [6.45, 7) is 0. The van der Waals surface area contributed by atoms with Crippen molar-refractivity contribution in [2.75, 3.05) is 4.90 Å². The van der Waals surface area contributed by atoms with Crippen LogP contribution >= 0.6 is 23.2 Å². The Hall–Kier alpha value is -2.88. The number of halogens is 2. The van der Waals surface area contributed by atoms with Gasteiger partial charge < -0.3 is 0 Å². The topological polar surface area (TPSA) is 37.4 Å². The average molecular weight is 462 g/mol. The van der Waals surface area contributed by atoms with Crippen LogP contribution < -0.4 is 4.90 Å². The molecule has 0 saturated heterocycles. The maximum Gasteiger partial charge on any atom is 0.232 e. The lowest BCUT2D eigenvalue weighted by Crippen LogP contribution is -2.42. The zero-order valence-electron chi connectivity index (χ0n) is 17.3. The summed E-state index contributed by atoms with van der Waals surface area (Å²) in [7, 11) is 0. The second-order valence-corrected chi connectivity index (χ2v) is 9.07. The van der Waals surface area contributed by atoms with Gasteiger partial charge in [-0.25, -0.2) is 0 Å². The number of carbonyl (C=O) groups is 2. The maximum absolute atomic E-state index is 13.6. The van der Waals surface area contributed by atoms with E-state index in [2.05, 4.69) is 0 Å². The number of carbonyl (C=O) groups excluding carboxylic acids is 2. The van der Waals surface area contributed by atoms with Crippen molar-refractivity contribution in [1.82, 2.24) is 0 Å². The molecule has 2 atom stereocenters. The van der Waals surface area contributed by atoms with E-state index in [0.717, 1.165) is 16.9 Å². The number of benzene rings is 3. The molecule has 1 aliphatic carbocycles. The largest absolute Gasteiger partial charge is 0.294 e. The molecule has 0 fully saturated rings. The summed E-state index contributed by atoms with van der Waals surface area (Å²) in [5.74, 6) is -0.434. The molecule has 32 heavy (non-hydrogen) atoms.